The van der Waals surface area contributed by atoms with Gasteiger partial charge < -0.3 is 18.3 Å². The van der Waals surface area contributed by atoms with E-state index in [9.17, 15) is 9.59 Å². The maximum atomic E-state index is 12.9. The van der Waals surface area contributed by atoms with E-state index in [1.54, 1.807) is 31.2 Å². The Kier molecular flexibility index (Phi) is 5.14. The highest BCUT2D eigenvalue weighted by Gasteiger charge is 2.20. The molecule has 0 spiro atoms. The van der Waals surface area contributed by atoms with Crippen molar-refractivity contribution in [2.24, 2.45) is 0 Å². The van der Waals surface area contributed by atoms with Crippen LogP contribution in [-0.2, 0) is 9.53 Å². The molecule has 0 bridgehead atoms. The Bertz CT molecular complexity index is 1040. The van der Waals surface area contributed by atoms with Crippen LogP contribution in [0.25, 0.3) is 22.5 Å². The summed E-state index contributed by atoms with van der Waals surface area (Å²) in [5.74, 6) is 0.679. The third kappa shape index (κ3) is 3.65. The molecule has 0 atom stereocenters. The number of carbonyl (C=O) groups excluding carboxylic acids is 1. The minimum Gasteiger partial charge on any atom is -0.469 e. The quantitative estimate of drug-likeness (QED) is 0.484. The van der Waals surface area contributed by atoms with E-state index < -0.39 is 11.4 Å². The zero-order chi connectivity index (χ0) is 18.7. The van der Waals surface area contributed by atoms with Gasteiger partial charge in [-0.3, -0.25) is 9.59 Å². The maximum absolute atomic E-state index is 12.9. The Balaban J connectivity index is 2.09. The fraction of sp³-hybridized carbons (Fsp3) is 0.158. The molecule has 0 fully saturated rings. The molecule has 0 aliphatic rings. The Morgan fingerprint density at radius 2 is 2.04 bits per heavy atom. The molecule has 2 aromatic heterocycles. The molecule has 0 amide bonds. The van der Waals surface area contributed by atoms with E-state index in [0.717, 1.165) is 0 Å². The number of aryl methyl sites for hydroxylation is 1. The van der Waals surface area contributed by atoms with Gasteiger partial charge >= 0.3 is 5.97 Å². The van der Waals surface area contributed by atoms with E-state index >= 15 is 0 Å². The Morgan fingerprint density at radius 1 is 1.23 bits per heavy atom. The monoisotopic (exact) mass is 374 g/mol. The summed E-state index contributed by atoms with van der Waals surface area (Å²) in [5.41, 5.74) is -0.0464. The van der Waals surface area contributed by atoms with Gasteiger partial charge in [-0.2, -0.15) is 0 Å². The van der Waals surface area contributed by atoms with E-state index in [1.807, 2.05) is 0 Å². The number of ether oxygens (including phenoxy) is 2. The van der Waals surface area contributed by atoms with Crippen LogP contribution in [0.3, 0.4) is 0 Å². The Labute approximate surface area is 153 Å². The number of hydrogen-bond acceptors (Lipinski definition) is 6. The highest BCUT2D eigenvalue weighted by atomic mass is 35.5. The molecule has 0 N–H and O–H groups in total. The Hall–Kier alpha value is -2.99. The van der Waals surface area contributed by atoms with Crippen LogP contribution in [0.4, 0.5) is 0 Å². The second-order valence-electron chi connectivity index (χ2n) is 5.41. The minimum atomic E-state index is -0.427. The first-order chi connectivity index (χ1) is 12.5. The molecule has 7 heteroatoms. The predicted octanol–water partition coefficient (Wildman–Crippen LogP) is 4.47. The summed E-state index contributed by atoms with van der Waals surface area (Å²) in [5, 5.41) is 0.680. The number of esters is 1. The largest absolute Gasteiger partial charge is 0.469 e. The summed E-state index contributed by atoms with van der Waals surface area (Å²) >= 11 is 5.98. The third-order valence-electron chi connectivity index (χ3n) is 3.57. The number of benzene rings is 1. The van der Waals surface area contributed by atoms with Crippen molar-refractivity contribution >= 4 is 28.5 Å². The van der Waals surface area contributed by atoms with Crippen LogP contribution < -0.4 is 10.2 Å². The average Bonchev–Trinajstić information content (AvgIpc) is 3.06. The lowest BCUT2D eigenvalue weighted by atomic mass is 10.2. The molecule has 0 unspecified atom stereocenters. The lowest BCUT2D eigenvalue weighted by Crippen LogP contribution is -2.07. The fourth-order valence-electron chi connectivity index (χ4n) is 2.32. The third-order valence-corrected chi connectivity index (χ3v) is 3.80. The van der Waals surface area contributed by atoms with Crippen molar-refractivity contribution < 1.29 is 23.1 Å². The number of methoxy groups -OCH3 is 1. The molecule has 1 aromatic carbocycles. The van der Waals surface area contributed by atoms with Crippen molar-refractivity contribution in [1.29, 1.82) is 0 Å². The van der Waals surface area contributed by atoms with Crippen LogP contribution in [0.1, 0.15) is 12.2 Å². The number of hydrogen-bond donors (Lipinski definition) is 0. The normalized spacial score (nSPS) is 11.2. The SMILES string of the molecule is COC(=O)C/C=C\Oc1c(-c2ccc(C)o2)oc2ccc(Cl)cc2c1=O. The van der Waals surface area contributed by atoms with E-state index in [-0.39, 0.29) is 23.3 Å². The van der Waals surface area contributed by atoms with Crippen LogP contribution in [0.15, 0.2) is 56.3 Å². The number of carbonyl (C=O) groups is 1. The molecule has 0 radical (unpaired) electrons. The van der Waals surface area contributed by atoms with Crippen molar-refractivity contribution in [2.45, 2.75) is 13.3 Å². The molecule has 0 saturated heterocycles. The summed E-state index contributed by atoms with van der Waals surface area (Å²) in [4.78, 5) is 24.0. The van der Waals surface area contributed by atoms with Crippen LogP contribution in [0, 0.1) is 6.92 Å². The molecule has 3 rings (SSSR count). The molecule has 0 aliphatic carbocycles. The zero-order valence-corrected chi connectivity index (χ0v) is 14.8. The first-order valence-electron chi connectivity index (χ1n) is 7.71. The first kappa shape index (κ1) is 17.8. The van der Waals surface area contributed by atoms with Gasteiger partial charge in [0.25, 0.3) is 0 Å². The summed E-state index contributed by atoms with van der Waals surface area (Å²) < 4.78 is 21.4. The molecule has 6 nitrogen and oxygen atoms in total. The smallest absolute Gasteiger partial charge is 0.309 e. The van der Waals surface area contributed by atoms with Crippen LogP contribution in [0.2, 0.25) is 5.02 Å². The second kappa shape index (κ2) is 7.49. The lowest BCUT2D eigenvalue weighted by molar-refractivity contribution is -0.139. The fourth-order valence-corrected chi connectivity index (χ4v) is 2.49. The first-order valence-corrected chi connectivity index (χ1v) is 8.09. The van der Waals surface area contributed by atoms with Crippen LogP contribution in [-0.4, -0.2) is 13.1 Å². The minimum absolute atomic E-state index is 0.0104. The molecule has 0 aliphatic heterocycles. The molecule has 2 heterocycles. The summed E-state index contributed by atoms with van der Waals surface area (Å²) in [6, 6.07) is 8.17. The van der Waals surface area contributed by atoms with Crippen LogP contribution >= 0.6 is 11.6 Å². The molecular formula is C19H15ClO6. The summed E-state index contributed by atoms with van der Waals surface area (Å²) in [6.45, 7) is 1.78. The van der Waals surface area contributed by atoms with E-state index in [4.69, 9.17) is 25.2 Å². The van der Waals surface area contributed by atoms with Crippen molar-refractivity contribution in [3.63, 3.8) is 0 Å². The molecular weight excluding hydrogens is 360 g/mol. The molecule has 3 aromatic rings. The standard InChI is InChI=1S/C19H15ClO6/c1-11-5-7-15(25-11)18-19(24-9-3-4-16(21)23-2)17(22)13-10-12(20)6-8-14(13)26-18/h3,5-10H,4H2,1-2H3/b9-3-. The van der Waals surface area contributed by atoms with E-state index in [2.05, 4.69) is 4.74 Å². The zero-order valence-electron chi connectivity index (χ0n) is 14.1. The van der Waals surface area contributed by atoms with Gasteiger partial charge in [-0.05, 0) is 43.3 Å². The molecule has 26 heavy (non-hydrogen) atoms. The molecule has 0 saturated carbocycles. The number of halogens is 1. The van der Waals surface area contributed by atoms with Gasteiger partial charge in [0.15, 0.2) is 5.76 Å². The maximum Gasteiger partial charge on any atom is 0.309 e. The van der Waals surface area contributed by atoms with Gasteiger partial charge in [-0.15, -0.1) is 0 Å². The van der Waals surface area contributed by atoms with Gasteiger partial charge in [-0.25, -0.2) is 0 Å². The van der Waals surface area contributed by atoms with Crippen molar-refractivity contribution in [3.8, 4) is 17.3 Å². The summed E-state index contributed by atoms with van der Waals surface area (Å²) in [7, 11) is 1.29. The van der Waals surface area contributed by atoms with Gasteiger partial charge in [0.1, 0.15) is 11.3 Å². The second-order valence-corrected chi connectivity index (χ2v) is 5.85. The average molecular weight is 375 g/mol. The van der Waals surface area contributed by atoms with Crippen molar-refractivity contribution in [1.82, 2.24) is 0 Å². The van der Waals surface area contributed by atoms with Gasteiger partial charge in [0, 0.05) is 5.02 Å². The van der Waals surface area contributed by atoms with E-state index in [0.29, 0.717) is 22.1 Å². The van der Waals surface area contributed by atoms with Gasteiger partial charge in [0.2, 0.25) is 16.9 Å². The predicted molar refractivity (Wildman–Crippen MR) is 96.3 cm³/mol. The highest BCUT2D eigenvalue weighted by Crippen LogP contribution is 2.32. The van der Waals surface area contributed by atoms with Crippen LogP contribution in [0.5, 0.6) is 5.75 Å². The van der Waals surface area contributed by atoms with Crippen molar-refractivity contribution in [2.75, 3.05) is 7.11 Å². The molecule has 134 valence electrons. The van der Waals surface area contributed by atoms with Gasteiger partial charge in [-0.1, -0.05) is 11.6 Å². The summed E-state index contributed by atoms with van der Waals surface area (Å²) in [6.07, 6.45) is 2.68. The number of fused-ring (bicyclic) bond motifs is 1. The topological polar surface area (TPSA) is 78.9 Å². The highest BCUT2D eigenvalue weighted by molar-refractivity contribution is 6.31. The van der Waals surface area contributed by atoms with Gasteiger partial charge in [0.05, 0.1) is 25.2 Å². The Morgan fingerprint density at radius 3 is 2.73 bits per heavy atom. The lowest BCUT2D eigenvalue weighted by Gasteiger charge is -2.07. The van der Waals surface area contributed by atoms with E-state index in [1.165, 1.54) is 25.5 Å². The van der Waals surface area contributed by atoms with Crippen molar-refractivity contribution in [3.05, 3.63) is 63.7 Å². The number of furan rings is 1. The number of rotatable bonds is 5.